The van der Waals surface area contributed by atoms with Gasteiger partial charge in [-0.15, -0.1) is 0 Å². The molecule has 2 rings (SSSR count). The number of carboxylic acids is 1. The van der Waals surface area contributed by atoms with Crippen molar-refractivity contribution in [2.45, 2.75) is 6.92 Å². The molecule has 2 aromatic carbocycles. The van der Waals surface area contributed by atoms with E-state index in [1.807, 2.05) is 13.0 Å². The van der Waals surface area contributed by atoms with E-state index in [-0.39, 0.29) is 11.0 Å². The predicted octanol–water partition coefficient (Wildman–Crippen LogP) is 2.59. The minimum Gasteiger partial charge on any atom is -0.482 e. The first-order valence-corrected chi connectivity index (χ1v) is 7.48. The summed E-state index contributed by atoms with van der Waals surface area (Å²) in [5, 5.41) is 14.2. The van der Waals surface area contributed by atoms with E-state index in [2.05, 4.69) is 10.6 Å². The Hall–Kier alpha value is -2.93. The van der Waals surface area contributed by atoms with Crippen LogP contribution in [0.3, 0.4) is 0 Å². The molecular weight excluding hydrogens is 328 g/mol. The van der Waals surface area contributed by atoms with Crippen molar-refractivity contribution in [3.05, 3.63) is 59.7 Å². The highest BCUT2D eigenvalue weighted by Gasteiger charge is 2.08. The molecule has 0 unspecified atom stereocenters. The molecule has 0 aliphatic rings. The quantitative estimate of drug-likeness (QED) is 0.723. The monoisotopic (exact) mass is 344 g/mol. The number of amides is 1. The van der Waals surface area contributed by atoms with Crippen LogP contribution in [0.2, 0.25) is 0 Å². The normalized spacial score (nSPS) is 9.88. The zero-order valence-corrected chi connectivity index (χ0v) is 13.7. The minimum atomic E-state index is -1.04. The molecule has 0 aliphatic heterocycles. The van der Waals surface area contributed by atoms with Gasteiger partial charge in [-0.05, 0) is 55.5 Å². The van der Waals surface area contributed by atoms with E-state index < -0.39 is 12.6 Å². The van der Waals surface area contributed by atoms with Crippen molar-refractivity contribution in [1.82, 2.24) is 5.32 Å². The van der Waals surface area contributed by atoms with Gasteiger partial charge in [0.05, 0.1) is 0 Å². The largest absolute Gasteiger partial charge is 0.482 e. The second-order valence-electron chi connectivity index (χ2n) is 4.98. The summed E-state index contributed by atoms with van der Waals surface area (Å²) in [6.45, 7) is 1.50. The average Bonchev–Trinajstić information content (AvgIpc) is 2.54. The topological polar surface area (TPSA) is 87.7 Å². The number of nitrogens with one attached hydrogen (secondary N) is 2. The van der Waals surface area contributed by atoms with Crippen LogP contribution in [0.5, 0.6) is 5.75 Å². The first-order valence-electron chi connectivity index (χ1n) is 7.08. The number of anilines is 1. The standard InChI is InChI=1S/C17H16N2O4S/c1-11-3-2-4-12(9-11)16(22)19-17(24)18-13-5-7-14(8-6-13)23-10-15(20)21/h2-9H,10H2,1H3,(H,20,21)(H2,18,19,22,24). The third-order valence-corrected chi connectivity index (χ3v) is 3.19. The molecule has 0 atom stereocenters. The van der Waals surface area contributed by atoms with Gasteiger partial charge in [-0.2, -0.15) is 0 Å². The fraction of sp³-hybridized carbons (Fsp3) is 0.118. The van der Waals surface area contributed by atoms with Crippen molar-refractivity contribution >= 4 is 34.9 Å². The molecule has 0 fully saturated rings. The highest BCUT2D eigenvalue weighted by Crippen LogP contribution is 2.15. The number of hydrogen-bond donors (Lipinski definition) is 3. The number of thiocarbonyl (C=S) groups is 1. The molecule has 7 heteroatoms. The van der Waals surface area contributed by atoms with Crippen LogP contribution in [0.15, 0.2) is 48.5 Å². The van der Waals surface area contributed by atoms with Crippen LogP contribution in [0, 0.1) is 6.92 Å². The fourth-order valence-corrected chi connectivity index (χ4v) is 2.11. The lowest BCUT2D eigenvalue weighted by molar-refractivity contribution is -0.139. The molecule has 2 aromatic rings. The summed E-state index contributed by atoms with van der Waals surface area (Å²) >= 11 is 5.11. The molecule has 124 valence electrons. The van der Waals surface area contributed by atoms with Crippen molar-refractivity contribution in [2.24, 2.45) is 0 Å². The van der Waals surface area contributed by atoms with Gasteiger partial charge >= 0.3 is 5.97 Å². The maximum Gasteiger partial charge on any atom is 0.341 e. The fourth-order valence-electron chi connectivity index (χ4n) is 1.90. The third kappa shape index (κ3) is 5.36. The van der Waals surface area contributed by atoms with E-state index in [9.17, 15) is 9.59 Å². The maximum absolute atomic E-state index is 12.1. The Balaban J connectivity index is 1.90. The Morgan fingerprint density at radius 3 is 2.50 bits per heavy atom. The Kier molecular flexibility index (Phi) is 5.86. The number of aryl methyl sites for hydroxylation is 1. The van der Waals surface area contributed by atoms with Gasteiger partial charge in [0.2, 0.25) is 0 Å². The first-order chi connectivity index (χ1) is 11.4. The number of ether oxygens (including phenoxy) is 1. The molecule has 0 saturated heterocycles. The lowest BCUT2D eigenvalue weighted by Gasteiger charge is -2.10. The van der Waals surface area contributed by atoms with Crippen LogP contribution < -0.4 is 15.4 Å². The molecule has 3 N–H and O–H groups in total. The van der Waals surface area contributed by atoms with E-state index >= 15 is 0 Å². The van der Waals surface area contributed by atoms with Gasteiger partial charge in [0.1, 0.15) is 5.75 Å². The number of rotatable bonds is 5. The predicted molar refractivity (Wildman–Crippen MR) is 94.4 cm³/mol. The summed E-state index contributed by atoms with van der Waals surface area (Å²) in [6, 6.07) is 13.7. The third-order valence-electron chi connectivity index (χ3n) is 2.98. The SMILES string of the molecule is Cc1cccc(C(=O)NC(=S)Nc2ccc(OCC(=O)O)cc2)c1. The Labute approximate surface area is 144 Å². The summed E-state index contributed by atoms with van der Waals surface area (Å²) in [6.07, 6.45) is 0. The second-order valence-corrected chi connectivity index (χ2v) is 5.39. The van der Waals surface area contributed by atoms with Gasteiger partial charge in [-0.3, -0.25) is 10.1 Å². The van der Waals surface area contributed by atoms with E-state index in [1.54, 1.807) is 42.5 Å². The molecule has 0 bridgehead atoms. The Bertz CT molecular complexity index is 759. The van der Waals surface area contributed by atoms with E-state index in [1.165, 1.54) is 0 Å². The zero-order valence-electron chi connectivity index (χ0n) is 12.9. The number of aliphatic carboxylic acids is 1. The molecule has 0 spiro atoms. The Morgan fingerprint density at radius 1 is 1.17 bits per heavy atom. The number of carboxylic acid groups (broad SMARTS) is 1. The molecule has 24 heavy (non-hydrogen) atoms. The van der Waals surface area contributed by atoms with Crippen molar-refractivity contribution in [2.75, 3.05) is 11.9 Å². The smallest absolute Gasteiger partial charge is 0.341 e. The van der Waals surface area contributed by atoms with Crippen molar-refractivity contribution in [3.63, 3.8) is 0 Å². The molecule has 6 nitrogen and oxygen atoms in total. The summed E-state index contributed by atoms with van der Waals surface area (Å²) < 4.78 is 5.03. The molecular formula is C17H16N2O4S. The molecule has 0 aliphatic carbocycles. The van der Waals surface area contributed by atoms with Crippen LogP contribution in [-0.2, 0) is 4.79 Å². The maximum atomic E-state index is 12.1. The van der Waals surface area contributed by atoms with Gasteiger partial charge in [0.25, 0.3) is 5.91 Å². The number of carbonyl (C=O) groups excluding carboxylic acids is 1. The van der Waals surface area contributed by atoms with Crippen LogP contribution in [0.25, 0.3) is 0 Å². The van der Waals surface area contributed by atoms with Crippen molar-refractivity contribution in [1.29, 1.82) is 0 Å². The average molecular weight is 344 g/mol. The molecule has 0 saturated carbocycles. The van der Waals surface area contributed by atoms with E-state index in [0.717, 1.165) is 5.56 Å². The number of carbonyl (C=O) groups is 2. The van der Waals surface area contributed by atoms with E-state index in [0.29, 0.717) is 17.0 Å². The van der Waals surface area contributed by atoms with E-state index in [4.69, 9.17) is 22.1 Å². The molecule has 0 aromatic heterocycles. The van der Waals surface area contributed by atoms with Crippen molar-refractivity contribution in [3.8, 4) is 5.75 Å². The zero-order chi connectivity index (χ0) is 17.5. The lowest BCUT2D eigenvalue weighted by Crippen LogP contribution is -2.34. The van der Waals surface area contributed by atoms with Gasteiger partial charge in [0, 0.05) is 11.3 Å². The minimum absolute atomic E-state index is 0.167. The summed E-state index contributed by atoms with van der Waals surface area (Å²) in [5.41, 5.74) is 2.15. The lowest BCUT2D eigenvalue weighted by atomic mass is 10.1. The summed E-state index contributed by atoms with van der Waals surface area (Å²) in [4.78, 5) is 22.5. The highest BCUT2D eigenvalue weighted by molar-refractivity contribution is 7.80. The number of benzene rings is 2. The van der Waals surface area contributed by atoms with Gasteiger partial charge < -0.3 is 15.2 Å². The Morgan fingerprint density at radius 2 is 1.88 bits per heavy atom. The summed E-state index contributed by atoms with van der Waals surface area (Å²) in [7, 11) is 0. The van der Waals surface area contributed by atoms with Crippen LogP contribution >= 0.6 is 12.2 Å². The second kappa shape index (κ2) is 8.07. The highest BCUT2D eigenvalue weighted by atomic mass is 32.1. The molecule has 1 amide bonds. The van der Waals surface area contributed by atoms with Crippen LogP contribution in [0.4, 0.5) is 5.69 Å². The molecule has 0 heterocycles. The van der Waals surface area contributed by atoms with Crippen LogP contribution in [-0.4, -0.2) is 28.7 Å². The van der Waals surface area contributed by atoms with Gasteiger partial charge in [-0.1, -0.05) is 17.7 Å². The van der Waals surface area contributed by atoms with Gasteiger partial charge in [0.15, 0.2) is 11.7 Å². The number of hydrogen-bond acceptors (Lipinski definition) is 4. The van der Waals surface area contributed by atoms with Gasteiger partial charge in [-0.25, -0.2) is 4.79 Å². The first kappa shape index (κ1) is 17.4. The van der Waals surface area contributed by atoms with Crippen molar-refractivity contribution < 1.29 is 19.4 Å². The summed E-state index contributed by atoms with van der Waals surface area (Å²) in [5.74, 6) is -0.910. The van der Waals surface area contributed by atoms with Crippen LogP contribution in [0.1, 0.15) is 15.9 Å². The molecule has 0 radical (unpaired) electrons.